The van der Waals surface area contributed by atoms with Gasteiger partial charge in [-0.15, -0.1) is 0 Å². The summed E-state index contributed by atoms with van der Waals surface area (Å²) in [5, 5.41) is 12.5. The number of aromatic nitrogens is 2. The Balaban J connectivity index is 1.71. The maximum atomic E-state index is 9.02. The molecule has 0 aliphatic rings. The monoisotopic (exact) mass is 348 g/mol. The zero-order valence-corrected chi connectivity index (χ0v) is 15.1. The quantitative estimate of drug-likeness (QED) is 0.681. The van der Waals surface area contributed by atoms with Gasteiger partial charge >= 0.3 is 0 Å². The van der Waals surface area contributed by atoms with Crippen molar-refractivity contribution in [2.75, 3.05) is 30.4 Å². The highest BCUT2D eigenvalue weighted by molar-refractivity contribution is 5.64. The topological polar surface area (TPSA) is 61.3 Å². The van der Waals surface area contributed by atoms with E-state index in [1.807, 2.05) is 54.8 Å². The maximum absolute atomic E-state index is 9.02. The van der Waals surface area contributed by atoms with Crippen molar-refractivity contribution in [1.82, 2.24) is 9.97 Å². The van der Waals surface area contributed by atoms with Crippen molar-refractivity contribution in [3.63, 3.8) is 0 Å². The lowest BCUT2D eigenvalue weighted by molar-refractivity contribution is 0.304. The molecule has 1 atom stereocenters. The van der Waals surface area contributed by atoms with Crippen LogP contribution in [0.25, 0.3) is 11.1 Å². The molecule has 0 aliphatic carbocycles. The number of anilines is 2. The van der Waals surface area contributed by atoms with E-state index in [1.165, 1.54) is 11.1 Å². The van der Waals surface area contributed by atoms with E-state index in [0.29, 0.717) is 6.54 Å². The lowest BCUT2D eigenvalue weighted by atomic mass is 10.0. The van der Waals surface area contributed by atoms with Crippen LogP contribution in [0.3, 0.4) is 0 Å². The third-order valence-corrected chi connectivity index (χ3v) is 4.39. The number of rotatable bonds is 7. The number of nitrogens with zero attached hydrogens (tertiary/aromatic N) is 3. The molecule has 2 N–H and O–H groups in total. The molecule has 26 heavy (non-hydrogen) atoms. The maximum Gasteiger partial charge on any atom is 0.126 e. The third-order valence-electron chi connectivity index (χ3n) is 4.39. The summed E-state index contributed by atoms with van der Waals surface area (Å²) in [7, 11) is 1.94. The van der Waals surface area contributed by atoms with Gasteiger partial charge in [0.2, 0.25) is 0 Å². The molecule has 0 bridgehead atoms. The molecular formula is C21H24N4O. The summed E-state index contributed by atoms with van der Waals surface area (Å²) in [6, 6.07) is 16.6. The van der Waals surface area contributed by atoms with Gasteiger partial charge in [0, 0.05) is 32.0 Å². The molecule has 3 rings (SSSR count). The smallest absolute Gasteiger partial charge is 0.126 e. The summed E-state index contributed by atoms with van der Waals surface area (Å²) in [6.07, 6.45) is 5.43. The Kier molecular flexibility index (Phi) is 5.81. The van der Waals surface area contributed by atoms with Crippen LogP contribution in [0.15, 0.2) is 67.1 Å². The van der Waals surface area contributed by atoms with Crippen LogP contribution < -0.4 is 10.2 Å². The number of hydrogen-bond donors (Lipinski definition) is 2. The van der Waals surface area contributed by atoms with Crippen molar-refractivity contribution < 1.29 is 5.11 Å². The number of hydrogen-bond acceptors (Lipinski definition) is 5. The first-order valence-electron chi connectivity index (χ1n) is 8.72. The van der Waals surface area contributed by atoms with Gasteiger partial charge in [0.1, 0.15) is 5.82 Å². The van der Waals surface area contributed by atoms with Gasteiger partial charge in [0.05, 0.1) is 18.5 Å². The summed E-state index contributed by atoms with van der Waals surface area (Å²) < 4.78 is 0. The Morgan fingerprint density at radius 3 is 2.58 bits per heavy atom. The summed E-state index contributed by atoms with van der Waals surface area (Å²) in [5.41, 5.74) is 4.51. The average Bonchev–Trinajstić information content (AvgIpc) is 2.69. The van der Waals surface area contributed by atoms with Crippen molar-refractivity contribution in [3.8, 4) is 11.1 Å². The fraction of sp³-hybridized carbons (Fsp3) is 0.238. The molecule has 1 unspecified atom stereocenters. The van der Waals surface area contributed by atoms with E-state index in [9.17, 15) is 0 Å². The summed E-state index contributed by atoms with van der Waals surface area (Å²) in [4.78, 5) is 10.5. The Bertz CT molecular complexity index is 821. The Hall–Kier alpha value is -2.92. The van der Waals surface area contributed by atoms with Gasteiger partial charge in [-0.2, -0.15) is 0 Å². The molecule has 5 nitrogen and oxygen atoms in total. The molecule has 0 saturated heterocycles. The van der Waals surface area contributed by atoms with Gasteiger partial charge in [0.15, 0.2) is 0 Å². The predicted octanol–water partition coefficient (Wildman–Crippen LogP) is 3.75. The molecule has 1 aromatic carbocycles. The van der Waals surface area contributed by atoms with Gasteiger partial charge < -0.3 is 15.3 Å². The standard InChI is InChI=1S/C21H24N4O/c1-16(24-21-7-6-20(15-23-21)25(2)12-13-26)18-4-3-5-19(14-18)17-8-10-22-11-9-17/h3-11,14-16,26H,12-13H2,1-2H3,(H,23,24). The van der Waals surface area contributed by atoms with E-state index in [-0.39, 0.29) is 12.6 Å². The highest BCUT2D eigenvalue weighted by Crippen LogP contribution is 2.25. The van der Waals surface area contributed by atoms with Crippen LogP contribution in [0.4, 0.5) is 11.5 Å². The number of aliphatic hydroxyl groups excluding tert-OH is 1. The van der Waals surface area contributed by atoms with Gasteiger partial charge in [-0.25, -0.2) is 4.98 Å². The molecule has 0 radical (unpaired) electrons. The Morgan fingerprint density at radius 1 is 1.08 bits per heavy atom. The molecule has 0 fully saturated rings. The normalized spacial score (nSPS) is 11.8. The van der Waals surface area contributed by atoms with Crippen LogP contribution in [0.5, 0.6) is 0 Å². The molecule has 0 saturated carbocycles. The van der Waals surface area contributed by atoms with E-state index in [2.05, 4.69) is 46.5 Å². The van der Waals surface area contributed by atoms with Crippen LogP contribution in [-0.4, -0.2) is 35.3 Å². The molecule has 2 heterocycles. The highest BCUT2D eigenvalue weighted by Gasteiger charge is 2.08. The fourth-order valence-electron chi connectivity index (χ4n) is 2.81. The van der Waals surface area contributed by atoms with E-state index in [0.717, 1.165) is 17.1 Å². The number of pyridine rings is 2. The minimum absolute atomic E-state index is 0.126. The molecular weight excluding hydrogens is 324 g/mol. The predicted molar refractivity (Wildman–Crippen MR) is 106 cm³/mol. The first kappa shape index (κ1) is 17.9. The lowest BCUT2D eigenvalue weighted by Crippen LogP contribution is -2.21. The summed E-state index contributed by atoms with van der Waals surface area (Å²) >= 11 is 0. The summed E-state index contributed by atoms with van der Waals surface area (Å²) in [6.45, 7) is 2.84. The first-order chi connectivity index (χ1) is 12.7. The van der Waals surface area contributed by atoms with Crippen LogP contribution in [-0.2, 0) is 0 Å². The van der Waals surface area contributed by atoms with Crippen molar-refractivity contribution in [1.29, 1.82) is 0 Å². The Labute approximate surface area is 154 Å². The first-order valence-corrected chi connectivity index (χ1v) is 8.72. The largest absolute Gasteiger partial charge is 0.395 e. The van der Waals surface area contributed by atoms with Gasteiger partial charge in [-0.1, -0.05) is 18.2 Å². The van der Waals surface area contributed by atoms with Gasteiger partial charge in [-0.3, -0.25) is 4.98 Å². The van der Waals surface area contributed by atoms with Gasteiger partial charge in [0.25, 0.3) is 0 Å². The van der Waals surface area contributed by atoms with E-state index >= 15 is 0 Å². The SMILES string of the molecule is CC(Nc1ccc(N(C)CCO)cn1)c1cccc(-c2ccncc2)c1. The Morgan fingerprint density at radius 2 is 1.88 bits per heavy atom. The molecule has 0 spiro atoms. The molecule has 134 valence electrons. The minimum Gasteiger partial charge on any atom is -0.395 e. The van der Waals surface area contributed by atoms with E-state index in [1.54, 1.807) is 0 Å². The van der Waals surface area contributed by atoms with Crippen molar-refractivity contribution in [2.24, 2.45) is 0 Å². The van der Waals surface area contributed by atoms with E-state index in [4.69, 9.17) is 5.11 Å². The minimum atomic E-state index is 0.126. The zero-order valence-electron chi connectivity index (χ0n) is 15.1. The lowest BCUT2D eigenvalue weighted by Gasteiger charge is -2.19. The van der Waals surface area contributed by atoms with Crippen LogP contribution >= 0.6 is 0 Å². The number of benzene rings is 1. The van der Waals surface area contributed by atoms with Crippen LogP contribution in [0.1, 0.15) is 18.5 Å². The molecule has 0 amide bonds. The van der Waals surface area contributed by atoms with Gasteiger partial charge in [-0.05, 0) is 53.9 Å². The van der Waals surface area contributed by atoms with Crippen LogP contribution in [0, 0.1) is 0 Å². The second-order valence-corrected chi connectivity index (χ2v) is 6.27. The van der Waals surface area contributed by atoms with E-state index < -0.39 is 0 Å². The molecule has 2 aromatic heterocycles. The molecule has 5 heteroatoms. The zero-order chi connectivity index (χ0) is 18.4. The second-order valence-electron chi connectivity index (χ2n) is 6.27. The molecule has 0 aliphatic heterocycles. The highest BCUT2D eigenvalue weighted by atomic mass is 16.3. The van der Waals surface area contributed by atoms with Crippen molar-refractivity contribution in [3.05, 3.63) is 72.7 Å². The fourth-order valence-corrected chi connectivity index (χ4v) is 2.81. The average molecular weight is 348 g/mol. The summed E-state index contributed by atoms with van der Waals surface area (Å²) in [5.74, 6) is 0.827. The molecule has 3 aromatic rings. The second kappa shape index (κ2) is 8.45. The van der Waals surface area contributed by atoms with Crippen LogP contribution in [0.2, 0.25) is 0 Å². The number of nitrogens with one attached hydrogen (secondary N) is 1. The number of likely N-dealkylation sites (N-methyl/N-ethyl adjacent to an activating group) is 1. The van der Waals surface area contributed by atoms with Crippen molar-refractivity contribution in [2.45, 2.75) is 13.0 Å². The third kappa shape index (κ3) is 4.37. The van der Waals surface area contributed by atoms with Crippen molar-refractivity contribution >= 4 is 11.5 Å². The number of aliphatic hydroxyl groups is 1.